The second-order valence-electron chi connectivity index (χ2n) is 7.26. The highest BCUT2D eigenvalue weighted by atomic mass is 35.5. The lowest BCUT2D eigenvalue weighted by atomic mass is 10.0. The maximum atomic E-state index is 13.0. The molecular formula is C22H26ClFN3O2+. The molecule has 1 amide bonds. The summed E-state index contributed by atoms with van der Waals surface area (Å²) < 4.78 is 13.0. The third kappa shape index (κ3) is 5.85. The third-order valence-electron chi connectivity index (χ3n) is 5.19. The van der Waals surface area contributed by atoms with Crippen molar-refractivity contribution in [2.75, 3.05) is 13.1 Å². The fourth-order valence-corrected chi connectivity index (χ4v) is 3.65. The van der Waals surface area contributed by atoms with E-state index >= 15 is 0 Å². The number of likely N-dealkylation sites (tertiary alicyclic amines) is 1. The van der Waals surface area contributed by atoms with Crippen molar-refractivity contribution in [2.24, 2.45) is 0 Å². The first-order valence-corrected chi connectivity index (χ1v) is 10.2. The Hall–Kier alpha value is -2.28. The number of nitrogens with zero attached hydrogens (tertiary/aromatic N) is 1. The van der Waals surface area contributed by atoms with E-state index in [1.54, 1.807) is 29.2 Å². The highest BCUT2D eigenvalue weighted by Gasteiger charge is 2.34. The molecule has 1 saturated heterocycles. The maximum absolute atomic E-state index is 13.0. The number of aliphatic hydroxyl groups is 1. The zero-order valence-corrected chi connectivity index (χ0v) is 16.9. The van der Waals surface area contributed by atoms with Crippen LogP contribution in [-0.2, 0) is 11.2 Å². The minimum atomic E-state index is -0.765. The van der Waals surface area contributed by atoms with Crippen molar-refractivity contribution < 1.29 is 19.7 Å². The van der Waals surface area contributed by atoms with Gasteiger partial charge in [0, 0.05) is 30.1 Å². The zero-order chi connectivity index (χ0) is 20.8. The Balaban J connectivity index is 1.61. The van der Waals surface area contributed by atoms with Gasteiger partial charge in [-0.25, -0.2) is 4.39 Å². The zero-order valence-electron chi connectivity index (χ0n) is 16.2. The molecule has 1 fully saturated rings. The normalized spacial score (nSPS) is 16.1. The molecule has 3 rings (SSSR count). The molecule has 1 heterocycles. The number of hydrogen-bond acceptors (Lipinski definition) is 3. The van der Waals surface area contributed by atoms with Gasteiger partial charge in [0.25, 0.3) is 0 Å². The lowest BCUT2D eigenvalue weighted by Crippen LogP contribution is -2.59. The van der Waals surface area contributed by atoms with Gasteiger partial charge in [0.15, 0.2) is 0 Å². The number of aliphatic hydroxyl groups excluding tert-OH is 1. The Morgan fingerprint density at radius 3 is 2.52 bits per heavy atom. The number of amides is 1. The summed E-state index contributed by atoms with van der Waals surface area (Å²) in [6.07, 6.45) is 1.62. The molecule has 0 aliphatic carbocycles. The second-order valence-corrected chi connectivity index (χ2v) is 7.69. The van der Waals surface area contributed by atoms with Crippen molar-refractivity contribution >= 4 is 23.2 Å². The summed E-state index contributed by atoms with van der Waals surface area (Å²) in [6.45, 7) is 0.982. The van der Waals surface area contributed by atoms with Crippen LogP contribution in [0.3, 0.4) is 0 Å². The lowest BCUT2D eigenvalue weighted by molar-refractivity contribution is -0.135. The molecule has 2 atom stereocenters. The Kier molecular flexibility index (Phi) is 7.36. The summed E-state index contributed by atoms with van der Waals surface area (Å²) >= 11 is 5.96. The quantitative estimate of drug-likeness (QED) is 0.427. The molecule has 154 valence electrons. The van der Waals surface area contributed by atoms with E-state index in [4.69, 9.17) is 17.0 Å². The SMILES string of the molecule is [NH2+]=C(c1ccc(Cl)cc1)C(CNC(O)CCc1ccc(F)cc1)N1CCCC1=O. The Morgan fingerprint density at radius 2 is 1.90 bits per heavy atom. The summed E-state index contributed by atoms with van der Waals surface area (Å²) in [7, 11) is 0. The van der Waals surface area contributed by atoms with E-state index < -0.39 is 6.23 Å². The molecule has 5 nitrogen and oxygen atoms in total. The Labute approximate surface area is 175 Å². The lowest BCUT2D eigenvalue weighted by Gasteiger charge is -2.27. The van der Waals surface area contributed by atoms with Crippen LogP contribution in [0, 0.1) is 5.82 Å². The molecular weight excluding hydrogens is 393 g/mol. The monoisotopic (exact) mass is 418 g/mol. The fraction of sp³-hybridized carbons (Fsp3) is 0.364. The van der Waals surface area contributed by atoms with Gasteiger partial charge in [-0.3, -0.25) is 15.5 Å². The number of nitrogens with two attached hydrogens (primary N) is 1. The number of carbonyl (C=O) groups excluding carboxylic acids is 1. The molecule has 0 saturated carbocycles. The van der Waals surface area contributed by atoms with Gasteiger partial charge in [0.05, 0.1) is 0 Å². The van der Waals surface area contributed by atoms with Gasteiger partial charge in [0.1, 0.15) is 18.1 Å². The molecule has 1 aliphatic heterocycles. The van der Waals surface area contributed by atoms with E-state index in [0.29, 0.717) is 43.1 Å². The number of carbonyl (C=O) groups is 1. The van der Waals surface area contributed by atoms with Gasteiger partial charge in [-0.2, -0.15) is 0 Å². The first-order chi connectivity index (χ1) is 13.9. The molecule has 7 heteroatoms. The average Bonchev–Trinajstić information content (AvgIpc) is 3.14. The number of halogens is 2. The van der Waals surface area contributed by atoms with Crippen molar-refractivity contribution in [2.45, 2.75) is 38.0 Å². The summed E-state index contributed by atoms with van der Waals surface area (Å²) in [5.74, 6) is -0.215. The van der Waals surface area contributed by atoms with Crippen LogP contribution in [0.4, 0.5) is 4.39 Å². The van der Waals surface area contributed by atoms with Crippen LogP contribution in [0.15, 0.2) is 48.5 Å². The van der Waals surface area contributed by atoms with Crippen LogP contribution in [-0.4, -0.2) is 47.0 Å². The largest absolute Gasteiger partial charge is 0.379 e. The minimum Gasteiger partial charge on any atom is -0.379 e. The predicted molar refractivity (Wildman–Crippen MR) is 111 cm³/mol. The van der Waals surface area contributed by atoms with Gasteiger partial charge in [-0.15, -0.1) is 0 Å². The van der Waals surface area contributed by atoms with Gasteiger partial charge < -0.3 is 10.0 Å². The van der Waals surface area contributed by atoms with Gasteiger partial charge in [-0.1, -0.05) is 23.7 Å². The highest BCUT2D eigenvalue weighted by Crippen LogP contribution is 2.18. The molecule has 0 radical (unpaired) electrons. The van der Waals surface area contributed by atoms with Crippen LogP contribution in [0.5, 0.6) is 0 Å². The number of benzene rings is 2. The number of hydrogen-bond donors (Lipinski definition) is 3. The van der Waals surface area contributed by atoms with Gasteiger partial charge in [-0.05, 0) is 61.2 Å². The van der Waals surface area contributed by atoms with Gasteiger partial charge >= 0.3 is 0 Å². The topological polar surface area (TPSA) is 78.2 Å². The molecule has 1 aliphatic rings. The standard InChI is InChI=1S/C22H25ClFN3O2/c23-17-8-6-16(7-9-17)22(25)19(27-13-1-2-21(27)29)14-26-20(28)12-5-15-3-10-18(24)11-4-15/h3-4,6-11,19-20,25-26,28H,1-2,5,12-14H2/p+1. The molecule has 0 aromatic heterocycles. The number of aryl methyl sites for hydroxylation is 1. The first kappa shape index (κ1) is 21.4. The smallest absolute Gasteiger partial charge is 0.223 e. The van der Waals surface area contributed by atoms with E-state index in [9.17, 15) is 14.3 Å². The first-order valence-electron chi connectivity index (χ1n) is 9.77. The van der Waals surface area contributed by atoms with Crippen LogP contribution in [0.25, 0.3) is 0 Å². The molecule has 0 bridgehead atoms. The van der Waals surface area contributed by atoms with E-state index in [2.05, 4.69) is 5.32 Å². The molecule has 4 N–H and O–H groups in total. The minimum absolute atomic E-state index is 0.0644. The Bertz CT molecular complexity index is 842. The number of rotatable bonds is 9. The summed E-state index contributed by atoms with van der Waals surface area (Å²) in [4.78, 5) is 14.1. The highest BCUT2D eigenvalue weighted by molar-refractivity contribution is 6.30. The molecule has 29 heavy (non-hydrogen) atoms. The maximum Gasteiger partial charge on any atom is 0.223 e. The van der Waals surface area contributed by atoms with E-state index in [1.165, 1.54) is 12.1 Å². The van der Waals surface area contributed by atoms with Crippen LogP contribution in [0.2, 0.25) is 5.02 Å². The average molecular weight is 419 g/mol. The summed E-state index contributed by atoms with van der Waals surface area (Å²) in [6, 6.07) is 13.1. The summed E-state index contributed by atoms with van der Waals surface area (Å²) in [5.41, 5.74) is 2.32. The van der Waals surface area contributed by atoms with Crippen molar-refractivity contribution in [3.8, 4) is 0 Å². The predicted octanol–water partition coefficient (Wildman–Crippen LogP) is 1.56. The molecule has 2 aromatic carbocycles. The van der Waals surface area contributed by atoms with Crippen molar-refractivity contribution in [1.82, 2.24) is 10.2 Å². The third-order valence-corrected chi connectivity index (χ3v) is 5.44. The van der Waals surface area contributed by atoms with Crippen molar-refractivity contribution in [3.05, 3.63) is 70.5 Å². The van der Waals surface area contributed by atoms with Crippen LogP contribution < -0.4 is 10.7 Å². The van der Waals surface area contributed by atoms with Crippen LogP contribution in [0.1, 0.15) is 30.4 Å². The van der Waals surface area contributed by atoms with Crippen LogP contribution >= 0.6 is 11.6 Å². The van der Waals surface area contributed by atoms with Gasteiger partial charge in [0.2, 0.25) is 11.6 Å². The Morgan fingerprint density at radius 1 is 1.21 bits per heavy atom. The molecule has 0 spiro atoms. The van der Waals surface area contributed by atoms with Crippen molar-refractivity contribution in [3.63, 3.8) is 0 Å². The number of nitrogens with one attached hydrogen (secondary N) is 1. The molecule has 2 unspecified atom stereocenters. The summed E-state index contributed by atoms with van der Waals surface area (Å²) in [5, 5.41) is 20.5. The fourth-order valence-electron chi connectivity index (χ4n) is 3.53. The molecule has 2 aromatic rings. The van der Waals surface area contributed by atoms with E-state index in [-0.39, 0.29) is 17.8 Å². The second kappa shape index (κ2) is 9.96. The van der Waals surface area contributed by atoms with E-state index in [1.807, 2.05) is 12.1 Å². The van der Waals surface area contributed by atoms with Crippen molar-refractivity contribution in [1.29, 1.82) is 0 Å². The van der Waals surface area contributed by atoms with E-state index in [0.717, 1.165) is 17.5 Å².